The fourth-order valence-corrected chi connectivity index (χ4v) is 6.19. The predicted octanol–water partition coefficient (Wildman–Crippen LogP) is 5.77. The van der Waals surface area contributed by atoms with Crippen molar-refractivity contribution in [1.29, 1.82) is 5.26 Å². The number of aromatic nitrogens is 1. The molecule has 2 N–H and O–H groups in total. The van der Waals surface area contributed by atoms with E-state index in [1.807, 2.05) is 50.2 Å². The minimum atomic E-state index is -1.01. The summed E-state index contributed by atoms with van der Waals surface area (Å²) in [5.41, 5.74) is 7.11. The van der Waals surface area contributed by atoms with Gasteiger partial charge in [0.05, 0.1) is 16.7 Å². The van der Waals surface area contributed by atoms with Crippen molar-refractivity contribution in [3.05, 3.63) is 111 Å². The van der Waals surface area contributed by atoms with E-state index in [2.05, 4.69) is 11.1 Å². The Morgan fingerprint density at radius 3 is 2.42 bits per heavy atom. The van der Waals surface area contributed by atoms with Crippen molar-refractivity contribution in [2.75, 3.05) is 20.6 Å². The van der Waals surface area contributed by atoms with Gasteiger partial charge in [-0.3, -0.25) is 19.5 Å². The van der Waals surface area contributed by atoms with E-state index >= 15 is 0 Å². The smallest absolute Gasteiger partial charge is 0.321 e. The van der Waals surface area contributed by atoms with E-state index in [1.165, 1.54) is 6.20 Å². The molecule has 1 fully saturated rings. The number of carbonyl (C=O) groups is 2. The van der Waals surface area contributed by atoms with Crippen LogP contribution in [0, 0.1) is 25.2 Å². The molecular weight excluding hydrogens is 632 g/mol. The van der Waals surface area contributed by atoms with Crippen molar-refractivity contribution in [2.45, 2.75) is 52.2 Å². The second-order valence-corrected chi connectivity index (χ2v) is 12.5. The van der Waals surface area contributed by atoms with Gasteiger partial charge in [-0.2, -0.15) is 5.26 Å². The molecule has 11 heteroatoms. The Morgan fingerprint density at radius 1 is 1.00 bits per heavy atom. The van der Waals surface area contributed by atoms with Crippen molar-refractivity contribution >= 4 is 23.5 Å². The molecule has 4 aromatic rings. The SMILES string of the molecule is Cc1c(COc2cc(OCc3cncc(C#N)c3)c(CN3C[C@H](O)C[C@H]3C(=O)O)cc2Cl)cccc1-c1cccc(C(=O)N(C)C)c1C. The summed E-state index contributed by atoms with van der Waals surface area (Å²) in [6.07, 6.45) is 2.44. The molecule has 1 saturated heterocycles. The molecule has 0 bridgehead atoms. The van der Waals surface area contributed by atoms with Gasteiger partial charge in [-0.25, -0.2) is 0 Å². The number of aliphatic carboxylic acids is 1. The summed E-state index contributed by atoms with van der Waals surface area (Å²) < 4.78 is 12.5. The monoisotopic (exact) mass is 668 g/mol. The van der Waals surface area contributed by atoms with Gasteiger partial charge in [0.1, 0.15) is 36.8 Å². The number of likely N-dealkylation sites (tertiary alicyclic amines) is 1. The van der Waals surface area contributed by atoms with Crippen LogP contribution >= 0.6 is 11.6 Å². The molecule has 2 atom stereocenters. The topological polar surface area (TPSA) is 136 Å². The number of nitrogens with zero attached hydrogens (tertiary/aromatic N) is 4. The summed E-state index contributed by atoms with van der Waals surface area (Å²) in [6, 6.07) is 18.0. The van der Waals surface area contributed by atoms with Crippen LogP contribution in [0.1, 0.15) is 50.2 Å². The van der Waals surface area contributed by atoms with Gasteiger partial charge in [0.25, 0.3) is 5.91 Å². The molecule has 5 rings (SSSR count). The van der Waals surface area contributed by atoms with Gasteiger partial charge in [-0.1, -0.05) is 41.9 Å². The highest BCUT2D eigenvalue weighted by atomic mass is 35.5. The van der Waals surface area contributed by atoms with Gasteiger partial charge < -0.3 is 24.6 Å². The summed E-state index contributed by atoms with van der Waals surface area (Å²) in [5, 5.41) is 29.5. The summed E-state index contributed by atoms with van der Waals surface area (Å²) in [4.78, 5) is 32.0. The molecule has 1 amide bonds. The zero-order valence-corrected chi connectivity index (χ0v) is 28.0. The number of carboxylic acids is 1. The van der Waals surface area contributed by atoms with Crippen LogP contribution in [0.3, 0.4) is 0 Å². The largest absolute Gasteiger partial charge is 0.488 e. The van der Waals surface area contributed by atoms with Gasteiger partial charge in [0.15, 0.2) is 0 Å². The molecule has 48 heavy (non-hydrogen) atoms. The Labute approximate surface area is 284 Å². The number of halogens is 1. The highest BCUT2D eigenvalue weighted by Crippen LogP contribution is 2.37. The van der Waals surface area contributed by atoms with Crippen LogP contribution in [-0.4, -0.2) is 69.7 Å². The molecule has 1 aliphatic rings. The van der Waals surface area contributed by atoms with Gasteiger partial charge >= 0.3 is 5.97 Å². The lowest BCUT2D eigenvalue weighted by atomic mass is 9.91. The van der Waals surface area contributed by atoms with E-state index < -0.39 is 18.1 Å². The Kier molecular flexibility index (Phi) is 10.6. The van der Waals surface area contributed by atoms with E-state index in [9.17, 15) is 25.1 Å². The average molecular weight is 669 g/mol. The van der Waals surface area contributed by atoms with Gasteiger partial charge in [-0.15, -0.1) is 0 Å². The number of benzene rings is 3. The van der Waals surface area contributed by atoms with Crippen LogP contribution in [0.25, 0.3) is 11.1 Å². The molecular formula is C37H37ClN4O6. The number of nitriles is 1. The zero-order chi connectivity index (χ0) is 34.5. The molecule has 0 spiro atoms. The lowest BCUT2D eigenvalue weighted by Gasteiger charge is -2.23. The van der Waals surface area contributed by atoms with Crippen LogP contribution in [-0.2, 0) is 24.6 Å². The maximum absolute atomic E-state index is 12.8. The molecule has 1 aromatic heterocycles. The molecule has 1 aliphatic heterocycles. The number of aliphatic hydroxyl groups excluding tert-OH is 1. The molecule has 0 saturated carbocycles. The summed E-state index contributed by atoms with van der Waals surface area (Å²) in [7, 11) is 3.47. The van der Waals surface area contributed by atoms with Crippen molar-refractivity contribution in [2.24, 2.45) is 0 Å². The highest BCUT2D eigenvalue weighted by Gasteiger charge is 2.36. The summed E-state index contributed by atoms with van der Waals surface area (Å²) in [5.74, 6) is -0.278. The van der Waals surface area contributed by atoms with Crippen molar-refractivity contribution in [3.8, 4) is 28.7 Å². The molecule has 2 heterocycles. The number of aliphatic hydroxyl groups is 1. The number of hydrogen-bond acceptors (Lipinski definition) is 8. The summed E-state index contributed by atoms with van der Waals surface area (Å²) in [6.45, 7) is 4.63. The first-order valence-corrected chi connectivity index (χ1v) is 15.8. The fraction of sp³-hybridized carbons (Fsp3) is 0.297. The van der Waals surface area contributed by atoms with E-state index in [0.29, 0.717) is 38.8 Å². The van der Waals surface area contributed by atoms with Crippen LogP contribution in [0.4, 0.5) is 0 Å². The molecule has 248 valence electrons. The molecule has 0 radical (unpaired) electrons. The molecule has 10 nitrogen and oxygen atoms in total. The van der Waals surface area contributed by atoms with Gasteiger partial charge in [-0.05, 0) is 59.9 Å². The molecule has 3 aromatic carbocycles. The lowest BCUT2D eigenvalue weighted by Crippen LogP contribution is -2.35. The number of β-amino-alcohol motifs (C(OH)–C–C–N with tert-alkyl or cyclic N) is 1. The standard InChI is InChI=1S/C37H37ClN4O6/c1-22-26(7-5-8-29(22)30-9-6-10-31(23(30)2)36(44)41(3)4)21-48-35-14-34(47-20-25-11-24(15-39)16-40-17-25)27(12-32(35)38)18-42-19-28(43)13-33(42)37(45)46/h5-12,14,16-17,28,33,43H,13,18-21H2,1-4H3,(H,45,46)/t28-,33+/m1/s1. The normalized spacial score (nSPS) is 15.9. The highest BCUT2D eigenvalue weighted by molar-refractivity contribution is 6.32. The Morgan fingerprint density at radius 2 is 1.71 bits per heavy atom. The second-order valence-electron chi connectivity index (χ2n) is 12.1. The second kappa shape index (κ2) is 14.9. The van der Waals surface area contributed by atoms with Gasteiger partial charge in [0, 0.05) is 68.8 Å². The predicted molar refractivity (Wildman–Crippen MR) is 181 cm³/mol. The number of carbonyl (C=O) groups excluding carboxylic acids is 1. The van der Waals surface area contributed by atoms with E-state index in [4.69, 9.17) is 21.1 Å². The van der Waals surface area contributed by atoms with E-state index in [1.54, 1.807) is 48.3 Å². The third-order valence-electron chi connectivity index (χ3n) is 8.56. The number of carboxylic acid groups (broad SMARTS) is 1. The Hall–Kier alpha value is -4.95. The maximum Gasteiger partial charge on any atom is 0.321 e. The van der Waals surface area contributed by atoms with Crippen LogP contribution < -0.4 is 9.47 Å². The Balaban J connectivity index is 1.43. The van der Waals surface area contributed by atoms with Crippen LogP contribution in [0.2, 0.25) is 5.02 Å². The van der Waals surface area contributed by atoms with Crippen molar-refractivity contribution in [3.63, 3.8) is 0 Å². The van der Waals surface area contributed by atoms with E-state index in [0.717, 1.165) is 27.8 Å². The molecule has 0 aliphatic carbocycles. The third kappa shape index (κ3) is 7.60. The number of rotatable bonds is 11. The number of pyridine rings is 1. The minimum Gasteiger partial charge on any atom is -0.488 e. The van der Waals surface area contributed by atoms with E-state index in [-0.39, 0.29) is 38.6 Å². The first-order valence-electron chi connectivity index (χ1n) is 15.4. The lowest BCUT2D eigenvalue weighted by molar-refractivity contribution is -0.142. The number of ether oxygens (including phenoxy) is 2. The first-order chi connectivity index (χ1) is 23.0. The van der Waals surface area contributed by atoms with Gasteiger partial charge in [0.2, 0.25) is 0 Å². The molecule has 0 unspecified atom stereocenters. The van der Waals surface area contributed by atoms with Crippen LogP contribution in [0.15, 0.2) is 67.0 Å². The van der Waals surface area contributed by atoms with Crippen molar-refractivity contribution in [1.82, 2.24) is 14.8 Å². The number of amides is 1. The number of hydrogen-bond donors (Lipinski definition) is 2. The van der Waals surface area contributed by atoms with Crippen LogP contribution in [0.5, 0.6) is 11.5 Å². The summed E-state index contributed by atoms with van der Waals surface area (Å²) >= 11 is 6.75. The minimum absolute atomic E-state index is 0.0592. The third-order valence-corrected chi connectivity index (χ3v) is 8.86. The Bertz CT molecular complexity index is 1890. The average Bonchev–Trinajstić information content (AvgIpc) is 3.44. The zero-order valence-electron chi connectivity index (χ0n) is 27.2. The van der Waals surface area contributed by atoms with Crippen molar-refractivity contribution < 1.29 is 29.3 Å². The first kappa shape index (κ1) is 34.4. The maximum atomic E-state index is 12.8. The quantitative estimate of drug-likeness (QED) is 0.204. The fourth-order valence-electron chi connectivity index (χ4n) is 5.95.